The summed E-state index contributed by atoms with van der Waals surface area (Å²) in [5.41, 5.74) is 1.70. The molecule has 0 radical (unpaired) electrons. The first-order chi connectivity index (χ1) is 9.11. The molecule has 1 fully saturated rings. The fraction of sp³-hybridized carbons (Fsp3) is 0.533. The van der Waals surface area contributed by atoms with Gasteiger partial charge in [-0.05, 0) is 24.1 Å². The van der Waals surface area contributed by atoms with E-state index in [9.17, 15) is 4.79 Å². The maximum Gasteiger partial charge on any atom is 0.337 e. The number of carbonyl (C=O) groups excluding carboxylic acids is 1. The number of rotatable bonds is 3. The van der Waals surface area contributed by atoms with Gasteiger partial charge in [0.05, 0.1) is 12.7 Å². The van der Waals surface area contributed by atoms with Crippen molar-refractivity contribution in [1.29, 1.82) is 0 Å². The Bertz CT molecular complexity index is 446. The second kappa shape index (κ2) is 6.06. The van der Waals surface area contributed by atoms with Gasteiger partial charge in [0.25, 0.3) is 0 Å². The van der Waals surface area contributed by atoms with E-state index in [1.165, 1.54) is 7.11 Å². The molecule has 0 spiro atoms. The molecule has 1 N–H and O–H groups in total. The van der Waals surface area contributed by atoms with E-state index in [-0.39, 0.29) is 5.97 Å². The van der Waals surface area contributed by atoms with Gasteiger partial charge < -0.3 is 15.0 Å². The third-order valence-electron chi connectivity index (χ3n) is 3.64. The Hall–Kier alpha value is -1.55. The van der Waals surface area contributed by atoms with E-state index < -0.39 is 0 Å². The average Bonchev–Trinajstić information content (AvgIpc) is 2.46. The predicted octanol–water partition coefficient (Wildman–Crippen LogP) is 1.91. The van der Waals surface area contributed by atoms with Crippen LogP contribution in [0.3, 0.4) is 0 Å². The number of anilines is 1. The van der Waals surface area contributed by atoms with E-state index in [0.717, 1.165) is 25.3 Å². The van der Waals surface area contributed by atoms with Gasteiger partial charge in [0.2, 0.25) is 0 Å². The van der Waals surface area contributed by atoms with Crippen LogP contribution in [0.4, 0.5) is 5.69 Å². The molecule has 1 saturated heterocycles. The van der Waals surface area contributed by atoms with Crippen molar-refractivity contribution < 1.29 is 9.53 Å². The maximum atomic E-state index is 11.6. The molecule has 2 rings (SSSR count). The number of ether oxygens (including phenoxy) is 1. The monoisotopic (exact) mass is 262 g/mol. The number of hydrogen-bond donors (Lipinski definition) is 1. The van der Waals surface area contributed by atoms with Gasteiger partial charge in [-0.1, -0.05) is 19.9 Å². The lowest BCUT2D eigenvalue weighted by Crippen LogP contribution is -2.53. The molecule has 0 amide bonds. The molecule has 19 heavy (non-hydrogen) atoms. The van der Waals surface area contributed by atoms with Gasteiger partial charge in [0.1, 0.15) is 0 Å². The summed E-state index contributed by atoms with van der Waals surface area (Å²) >= 11 is 0. The SMILES string of the molecule is COC(=O)c1cccc(N2CCNC(C(C)C)C2)c1. The van der Waals surface area contributed by atoms with Gasteiger partial charge in [-0.25, -0.2) is 4.79 Å². The summed E-state index contributed by atoms with van der Waals surface area (Å²) in [5, 5.41) is 3.53. The zero-order chi connectivity index (χ0) is 13.8. The normalized spacial score (nSPS) is 19.6. The van der Waals surface area contributed by atoms with Crippen molar-refractivity contribution in [2.75, 3.05) is 31.6 Å². The molecule has 1 aliphatic heterocycles. The summed E-state index contributed by atoms with van der Waals surface area (Å²) in [6.07, 6.45) is 0. The van der Waals surface area contributed by atoms with Crippen molar-refractivity contribution in [1.82, 2.24) is 5.32 Å². The first-order valence-corrected chi connectivity index (χ1v) is 6.78. The summed E-state index contributed by atoms with van der Waals surface area (Å²) < 4.78 is 4.77. The minimum absolute atomic E-state index is 0.280. The van der Waals surface area contributed by atoms with E-state index in [4.69, 9.17) is 4.74 Å². The van der Waals surface area contributed by atoms with Crippen LogP contribution >= 0.6 is 0 Å². The van der Waals surface area contributed by atoms with Gasteiger partial charge in [0, 0.05) is 31.4 Å². The Labute approximate surface area is 114 Å². The van der Waals surface area contributed by atoms with Gasteiger partial charge in [0.15, 0.2) is 0 Å². The van der Waals surface area contributed by atoms with Crippen molar-refractivity contribution >= 4 is 11.7 Å². The summed E-state index contributed by atoms with van der Waals surface area (Å²) in [5.74, 6) is 0.323. The van der Waals surface area contributed by atoms with Gasteiger partial charge in [-0.2, -0.15) is 0 Å². The number of nitrogens with zero attached hydrogens (tertiary/aromatic N) is 1. The standard InChI is InChI=1S/C15H22N2O2/c1-11(2)14-10-17(8-7-16-14)13-6-4-5-12(9-13)15(18)19-3/h4-6,9,11,14,16H,7-8,10H2,1-3H3. The van der Waals surface area contributed by atoms with Crippen LogP contribution in [0.5, 0.6) is 0 Å². The van der Waals surface area contributed by atoms with Crippen LogP contribution in [-0.2, 0) is 4.74 Å². The molecule has 1 aromatic rings. The molecule has 0 aliphatic carbocycles. The van der Waals surface area contributed by atoms with Crippen molar-refractivity contribution in [2.45, 2.75) is 19.9 Å². The van der Waals surface area contributed by atoms with Crippen molar-refractivity contribution in [3.05, 3.63) is 29.8 Å². The second-order valence-electron chi connectivity index (χ2n) is 5.29. The van der Waals surface area contributed by atoms with E-state index in [1.807, 2.05) is 12.1 Å². The zero-order valence-electron chi connectivity index (χ0n) is 11.8. The largest absolute Gasteiger partial charge is 0.465 e. The van der Waals surface area contributed by atoms with Crippen molar-refractivity contribution in [3.63, 3.8) is 0 Å². The number of benzene rings is 1. The molecular weight excluding hydrogens is 240 g/mol. The predicted molar refractivity (Wildman–Crippen MR) is 76.6 cm³/mol. The second-order valence-corrected chi connectivity index (χ2v) is 5.29. The van der Waals surface area contributed by atoms with Crippen LogP contribution in [0.1, 0.15) is 24.2 Å². The van der Waals surface area contributed by atoms with Crippen molar-refractivity contribution in [3.8, 4) is 0 Å². The Morgan fingerprint density at radius 2 is 2.26 bits per heavy atom. The van der Waals surface area contributed by atoms with E-state index in [1.54, 1.807) is 6.07 Å². The molecule has 1 aromatic carbocycles. The third kappa shape index (κ3) is 3.26. The number of piperazine rings is 1. The molecule has 4 nitrogen and oxygen atoms in total. The molecule has 1 atom stereocenters. The summed E-state index contributed by atoms with van der Waals surface area (Å²) in [6.45, 7) is 7.37. The van der Waals surface area contributed by atoms with Crippen LogP contribution in [0.25, 0.3) is 0 Å². The molecule has 1 heterocycles. The minimum Gasteiger partial charge on any atom is -0.465 e. The minimum atomic E-state index is -0.280. The fourth-order valence-corrected chi connectivity index (χ4v) is 2.41. The number of nitrogens with one attached hydrogen (secondary N) is 1. The summed E-state index contributed by atoms with van der Waals surface area (Å²) in [6, 6.07) is 8.16. The molecule has 0 saturated carbocycles. The summed E-state index contributed by atoms with van der Waals surface area (Å²) in [7, 11) is 1.41. The average molecular weight is 262 g/mol. The highest BCUT2D eigenvalue weighted by Crippen LogP contribution is 2.20. The van der Waals surface area contributed by atoms with Gasteiger partial charge in [-0.3, -0.25) is 0 Å². The molecular formula is C15H22N2O2. The molecule has 4 heteroatoms. The highest BCUT2D eigenvalue weighted by atomic mass is 16.5. The molecule has 1 unspecified atom stereocenters. The van der Waals surface area contributed by atoms with Crippen LogP contribution in [0.2, 0.25) is 0 Å². The van der Waals surface area contributed by atoms with Gasteiger partial charge in [-0.15, -0.1) is 0 Å². The highest BCUT2D eigenvalue weighted by Gasteiger charge is 2.22. The number of methoxy groups -OCH3 is 1. The number of hydrogen-bond acceptors (Lipinski definition) is 4. The Morgan fingerprint density at radius 3 is 2.95 bits per heavy atom. The van der Waals surface area contributed by atoms with Crippen LogP contribution in [-0.4, -0.2) is 38.8 Å². The van der Waals surface area contributed by atoms with Gasteiger partial charge >= 0.3 is 5.97 Å². The number of carbonyl (C=O) groups is 1. The fourth-order valence-electron chi connectivity index (χ4n) is 2.41. The quantitative estimate of drug-likeness (QED) is 0.845. The lowest BCUT2D eigenvalue weighted by molar-refractivity contribution is 0.0601. The van der Waals surface area contributed by atoms with Crippen LogP contribution in [0.15, 0.2) is 24.3 Å². The molecule has 1 aliphatic rings. The molecule has 0 aromatic heterocycles. The highest BCUT2D eigenvalue weighted by molar-refractivity contribution is 5.90. The summed E-state index contributed by atoms with van der Waals surface area (Å²) in [4.78, 5) is 13.9. The van der Waals surface area contributed by atoms with E-state index in [2.05, 4.69) is 30.1 Å². The first kappa shape index (κ1) is 13.9. The maximum absolute atomic E-state index is 11.6. The van der Waals surface area contributed by atoms with Crippen molar-refractivity contribution in [2.24, 2.45) is 5.92 Å². The third-order valence-corrected chi connectivity index (χ3v) is 3.64. The Kier molecular flexibility index (Phi) is 4.43. The zero-order valence-corrected chi connectivity index (χ0v) is 11.8. The first-order valence-electron chi connectivity index (χ1n) is 6.78. The lowest BCUT2D eigenvalue weighted by atomic mass is 10.0. The molecule has 0 bridgehead atoms. The van der Waals surface area contributed by atoms with Crippen LogP contribution < -0.4 is 10.2 Å². The topological polar surface area (TPSA) is 41.6 Å². The van der Waals surface area contributed by atoms with E-state index >= 15 is 0 Å². The molecule has 104 valence electrons. The number of esters is 1. The smallest absolute Gasteiger partial charge is 0.337 e. The Morgan fingerprint density at radius 1 is 1.47 bits per heavy atom. The van der Waals surface area contributed by atoms with E-state index in [0.29, 0.717) is 17.5 Å². The lowest BCUT2D eigenvalue weighted by Gasteiger charge is -2.37. The van der Waals surface area contributed by atoms with Crippen LogP contribution in [0, 0.1) is 5.92 Å². The Balaban J connectivity index is 2.15.